The van der Waals surface area contributed by atoms with Crippen LogP contribution in [0.25, 0.3) is 0 Å². The maximum atomic E-state index is 12.4. The first-order chi connectivity index (χ1) is 14.9. The maximum Gasteiger partial charge on any atom is 0.251 e. The Morgan fingerprint density at radius 2 is 1.68 bits per heavy atom. The molecule has 3 rings (SSSR count). The van der Waals surface area contributed by atoms with Gasteiger partial charge in [-0.15, -0.1) is 6.58 Å². The lowest BCUT2D eigenvalue weighted by Gasteiger charge is -2.29. The lowest BCUT2D eigenvalue weighted by molar-refractivity contribution is 0.0792. The molecule has 0 saturated carbocycles. The second-order valence-electron chi connectivity index (χ2n) is 7.67. The van der Waals surface area contributed by atoms with Crippen LogP contribution < -0.4 is 10.0 Å². The molecule has 1 aliphatic rings. The van der Waals surface area contributed by atoms with E-state index in [1.54, 1.807) is 0 Å². The molecule has 0 aromatic heterocycles. The Morgan fingerprint density at radius 3 is 2.29 bits per heavy atom. The predicted molar refractivity (Wildman–Crippen MR) is 120 cm³/mol. The number of carbonyl (C=O) groups excluding carboxylic acids is 1. The standard InChI is InChI=1S/C23H29N3O4S/c1-2-13-25-31(29,30)22-9-7-20(8-10-22)23(28)24-16-18-3-5-19(6-4-18)17-26-14-11-21(27)12-15-26/h2-10,21,25,27H,1,11-17H2,(H,24,28). The van der Waals surface area contributed by atoms with E-state index >= 15 is 0 Å². The Labute approximate surface area is 183 Å². The van der Waals surface area contributed by atoms with Crippen molar-refractivity contribution >= 4 is 15.9 Å². The molecule has 0 aliphatic carbocycles. The van der Waals surface area contributed by atoms with Crippen LogP contribution in [-0.2, 0) is 23.1 Å². The first-order valence-electron chi connectivity index (χ1n) is 10.3. The molecule has 8 heteroatoms. The van der Waals surface area contributed by atoms with E-state index in [0.29, 0.717) is 12.1 Å². The van der Waals surface area contributed by atoms with Crippen molar-refractivity contribution < 1.29 is 18.3 Å². The topological polar surface area (TPSA) is 98.7 Å². The summed E-state index contributed by atoms with van der Waals surface area (Å²) in [5.74, 6) is -0.265. The van der Waals surface area contributed by atoms with Crippen LogP contribution in [0.5, 0.6) is 0 Å². The molecule has 0 bridgehead atoms. The van der Waals surface area contributed by atoms with E-state index in [4.69, 9.17) is 0 Å². The molecule has 1 amide bonds. The fourth-order valence-corrected chi connectivity index (χ4v) is 4.42. The normalized spacial score (nSPS) is 15.5. The predicted octanol–water partition coefficient (Wildman–Crippen LogP) is 2.04. The molecule has 31 heavy (non-hydrogen) atoms. The summed E-state index contributed by atoms with van der Waals surface area (Å²) in [7, 11) is -3.61. The zero-order valence-corrected chi connectivity index (χ0v) is 18.3. The van der Waals surface area contributed by atoms with Crippen LogP contribution in [0, 0.1) is 0 Å². The number of sulfonamides is 1. The molecule has 2 aromatic rings. The number of nitrogens with zero attached hydrogens (tertiary/aromatic N) is 1. The second-order valence-corrected chi connectivity index (χ2v) is 9.44. The minimum atomic E-state index is -3.61. The number of benzene rings is 2. The monoisotopic (exact) mass is 443 g/mol. The van der Waals surface area contributed by atoms with Crippen LogP contribution in [0.2, 0.25) is 0 Å². The van der Waals surface area contributed by atoms with Gasteiger partial charge in [0.25, 0.3) is 5.91 Å². The number of aliphatic hydroxyl groups is 1. The van der Waals surface area contributed by atoms with Gasteiger partial charge in [-0.1, -0.05) is 30.3 Å². The van der Waals surface area contributed by atoms with Gasteiger partial charge in [-0.3, -0.25) is 9.69 Å². The van der Waals surface area contributed by atoms with Gasteiger partial charge >= 0.3 is 0 Å². The van der Waals surface area contributed by atoms with E-state index in [0.717, 1.165) is 38.0 Å². The van der Waals surface area contributed by atoms with Gasteiger partial charge in [-0.25, -0.2) is 13.1 Å². The number of carbonyl (C=O) groups is 1. The van der Waals surface area contributed by atoms with Crippen molar-refractivity contribution in [1.82, 2.24) is 14.9 Å². The summed E-state index contributed by atoms with van der Waals surface area (Å²) in [4.78, 5) is 14.8. The van der Waals surface area contributed by atoms with Gasteiger partial charge in [0.2, 0.25) is 10.0 Å². The number of rotatable bonds is 9. The second kappa shape index (κ2) is 10.7. The number of amides is 1. The summed E-state index contributed by atoms with van der Waals surface area (Å²) >= 11 is 0. The van der Waals surface area contributed by atoms with Crippen LogP contribution >= 0.6 is 0 Å². The fourth-order valence-electron chi connectivity index (χ4n) is 3.42. The van der Waals surface area contributed by atoms with Crippen LogP contribution in [0.15, 0.2) is 66.1 Å². The molecular weight excluding hydrogens is 414 g/mol. The highest BCUT2D eigenvalue weighted by atomic mass is 32.2. The molecule has 1 fully saturated rings. The first-order valence-corrected chi connectivity index (χ1v) is 11.8. The van der Waals surface area contributed by atoms with Gasteiger partial charge in [0.05, 0.1) is 11.0 Å². The van der Waals surface area contributed by atoms with E-state index in [9.17, 15) is 18.3 Å². The molecule has 0 atom stereocenters. The average Bonchev–Trinajstić information content (AvgIpc) is 2.78. The molecule has 1 saturated heterocycles. The number of aliphatic hydroxyl groups excluding tert-OH is 1. The highest BCUT2D eigenvalue weighted by Gasteiger charge is 2.17. The largest absolute Gasteiger partial charge is 0.393 e. The van der Waals surface area contributed by atoms with Gasteiger partial charge in [0.1, 0.15) is 0 Å². The molecular formula is C23H29N3O4S. The minimum Gasteiger partial charge on any atom is -0.393 e. The highest BCUT2D eigenvalue weighted by molar-refractivity contribution is 7.89. The summed E-state index contributed by atoms with van der Waals surface area (Å²) in [5.41, 5.74) is 2.58. The molecule has 166 valence electrons. The van der Waals surface area contributed by atoms with Gasteiger partial charge in [-0.05, 0) is 48.2 Å². The summed E-state index contributed by atoms with van der Waals surface area (Å²) in [6.45, 7) is 6.68. The van der Waals surface area contributed by atoms with Crippen molar-refractivity contribution in [3.05, 3.63) is 77.9 Å². The number of nitrogens with one attached hydrogen (secondary N) is 2. The van der Waals surface area contributed by atoms with E-state index in [1.165, 1.54) is 35.9 Å². The molecule has 0 radical (unpaired) electrons. The van der Waals surface area contributed by atoms with Crippen LogP contribution in [0.4, 0.5) is 0 Å². The molecule has 2 aromatic carbocycles. The van der Waals surface area contributed by atoms with Crippen molar-refractivity contribution in [2.75, 3.05) is 19.6 Å². The van der Waals surface area contributed by atoms with Crippen molar-refractivity contribution in [1.29, 1.82) is 0 Å². The maximum absolute atomic E-state index is 12.4. The third kappa shape index (κ3) is 6.73. The third-order valence-corrected chi connectivity index (χ3v) is 6.72. The third-order valence-electron chi connectivity index (χ3n) is 5.28. The first kappa shape index (κ1) is 23.1. The van der Waals surface area contributed by atoms with Gasteiger partial charge < -0.3 is 10.4 Å². The lowest BCUT2D eigenvalue weighted by Crippen LogP contribution is -2.35. The fraction of sp³-hybridized carbons (Fsp3) is 0.348. The summed E-state index contributed by atoms with van der Waals surface area (Å²) in [6, 6.07) is 13.9. The van der Waals surface area contributed by atoms with Crippen LogP contribution in [0.3, 0.4) is 0 Å². The van der Waals surface area contributed by atoms with E-state index in [-0.39, 0.29) is 23.5 Å². The van der Waals surface area contributed by atoms with Gasteiger partial charge in [-0.2, -0.15) is 0 Å². The molecule has 1 aliphatic heterocycles. The summed E-state index contributed by atoms with van der Waals surface area (Å²) in [6.07, 6.45) is 2.94. The summed E-state index contributed by atoms with van der Waals surface area (Å²) in [5, 5.41) is 12.5. The number of hydrogen-bond acceptors (Lipinski definition) is 5. The van der Waals surface area contributed by atoms with E-state index in [2.05, 4.69) is 33.7 Å². The Bertz CT molecular complexity index is 980. The van der Waals surface area contributed by atoms with E-state index < -0.39 is 10.0 Å². The number of likely N-dealkylation sites (tertiary alicyclic amines) is 1. The Kier molecular flexibility index (Phi) is 7.97. The van der Waals surface area contributed by atoms with Gasteiger partial charge in [0, 0.05) is 38.3 Å². The van der Waals surface area contributed by atoms with Crippen molar-refractivity contribution in [2.45, 2.75) is 36.9 Å². The minimum absolute atomic E-state index is 0.102. The lowest BCUT2D eigenvalue weighted by atomic mass is 10.1. The molecule has 3 N–H and O–H groups in total. The molecule has 0 unspecified atom stereocenters. The zero-order valence-electron chi connectivity index (χ0n) is 17.5. The van der Waals surface area contributed by atoms with Crippen LogP contribution in [-0.4, -0.2) is 50.1 Å². The number of piperidine rings is 1. The molecule has 1 heterocycles. The molecule has 0 spiro atoms. The van der Waals surface area contributed by atoms with Crippen molar-refractivity contribution in [3.8, 4) is 0 Å². The SMILES string of the molecule is C=CCNS(=O)(=O)c1ccc(C(=O)NCc2ccc(CN3CCC(O)CC3)cc2)cc1. The van der Waals surface area contributed by atoms with Crippen molar-refractivity contribution in [2.24, 2.45) is 0 Å². The summed E-state index contributed by atoms with van der Waals surface area (Å²) < 4.78 is 26.5. The van der Waals surface area contributed by atoms with E-state index in [1.807, 2.05) is 12.1 Å². The highest BCUT2D eigenvalue weighted by Crippen LogP contribution is 2.15. The Balaban J connectivity index is 1.50. The molecule has 7 nitrogen and oxygen atoms in total. The van der Waals surface area contributed by atoms with Crippen LogP contribution in [0.1, 0.15) is 34.3 Å². The average molecular weight is 444 g/mol. The van der Waals surface area contributed by atoms with Crippen molar-refractivity contribution in [3.63, 3.8) is 0 Å². The Hall–Kier alpha value is -2.52. The smallest absolute Gasteiger partial charge is 0.251 e. The number of hydrogen-bond donors (Lipinski definition) is 3. The quantitative estimate of drug-likeness (QED) is 0.515. The Morgan fingerprint density at radius 1 is 1.06 bits per heavy atom. The zero-order chi connectivity index (χ0) is 22.3. The van der Waals surface area contributed by atoms with Gasteiger partial charge in [0.15, 0.2) is 0 Å².